The minimum atomic E-state index is -0.434. The van der Waals surface area contributed by atoms with Gasteiger partial charge in [0.1, 0.15) is 0 Å². The fourth-order valence-electron chi connectivity index (χ4n) is 2.31. The quantitative estimate of drug-likeness (QED) is 0.526. The number of aliphatic hydroxyl groups is 1. The van der Waals surface area contributed by atoms with E-state index in [1.54, 1.807) is 6.92 Å². The molecule has 2 unspecified atom stereocenters. The van der Waals surface area contributed by atoms with Crippen LogP contribution in [-0.2, 0) is 4.79 Å². The van der Waals surface area contributed by atoms with Gasteiger partial charge in [0.2, 0.25) is 5.91 Å². The molecule has 0 bridgehead atoms. The van der Waals surface area contributed by atoms with Crippen LogP contribution in [-0.4, -0.2) is 17.1 Å². The molecule has 3 heteroatoms. The van der Waals surface area contributed by atoms with Crippen molar-refractivity contribution in [2.45, 2.75) is 84.2 Å². The fourth-order valence-corrected chi connectivity index (χ4v) is 2.31. The molecule has 0 aliphatic carbocycles. The number of carbonyl (C=O) groups is 1. The van der Waals surface area contributed by atoms with Crippen molar-refractivity contribution in [3.8, 4) is 0 Å². The molecular weight excluding hydrogens is 226 g/mol. The minimum absolute atomic E-state index is 0.148. The number of nitrogens with two attached hydrogens (primary N) is 1. The number of primary amides is 1. The van der Waals surface area contributed by atoms with E-state index in [0.29, 0.717) is 6.42 Å². The number of aliphatic hydroxyl groups excluding tert-OH is 1. The van der Waals surface area contributed by atoms with Crippen LogP contribution < -0.4 is 5.73 Å². The molecule has 0 spiro atoms. The van der Waals surface area contributed by atoms with Crippen molar-refractivity contribution in [1.82, 2.24) is 0 Å². The number of hydrogen-bond acceptors (Lipinski definition) is 2. The molecule has 18 heavy (non-hydrogen) atoms. The van der Waals surface area contributed by atoms with Crippen molar-refractivity contribution >= 4 is 5.91 Å². The van der Waals surface area contributed by atoms with Crippen molar-refractivity contribution in [2.75, 3.05) is 0 Å². The first-order chi connectivity index (χ1) is 8.57. The zero-order valence-electron chi connectivity index (χ0n) is 12.2. The normalized spacial score (nSPS) is 14.4. The van der Waals surface area contributed by atoms with E-state index in [2.05, 4.69) is 6.92 Å². The highest BCUT2D eigenvalue weighted by atomic mass is 16.3. The van der Waals surface area contributed by atoms with E-state index in [1.807, 2.05) is 0 Å². The lowest BCUT2D eigenvalue weighted by Crippen LogP contribution is -2.26. The summed E-state index contributed by atoms with van der Waals surface area (Å²) in [5, 5.41) is 9.29. The lowest BCUT2D eigenvalue weighted by Gasteiger charge is -2.14. The van der Waals surface area contributed by atoms with Gasteiger partial charge in [-0.25, -0.2) is 0 Å². The third-order valence-corrected chi connectivity index (χ3v) is 3.43. The van der Waals surface area contributed by atoms with Gasteiger partial charge >= 0.3 is 0 Å². The SMILES string of the molecule is CCCCCCCCCCC(CC(C)O)C(N)=O. The average molecular weight is 257 g/mol. The molecule has 1 amide bonds. The van der Waals surface area contributed by atoms with Crippen LogP contribution in [0.2, 0.25) is 0 Å². The summed E-state index contributed by atoms with van der Waals surface area (Å²) in [7, 11) is 0. The summed E-state index contributed by atoms with van der Waals surface area (Å²) in [5.41, 5.74) is 5.33. The van der Waals surface area contributed by atoms with E-state index < -0.39 is 6.10 Å². The molecule has 0 saturated heterocycles. The van der Waals surface area contributed by atoms with Crippen LogP contribution in [0.1, 0.15) is 78.1 Å². The molecule has 0 heterocycles. The summed E-state index contributed by atoms with van der Waals surface area (Å²) in [4.78, 5) is 11.2. The Kier molecular flexibility index (Phi) is 11.2. The van der Waals surface area contributed by atoms with Crippen LogP contribution in [0.15, 0.2) is 0 Å². The van der Waals surface area contributed by atoms with Crippen LogP contribution in [0, 0.1) is 5.92 Å². The summed E-state index contributed by atoms with van der Waals surface area (Å²) < 4.78 is 0. The Hall–Kier alpha value is -0.570. The Morgan fingerprint density at radius 1 is 1.06 bits per heavy atom. The van der Waals surface area contributed by atoms with Gasteiger partial charge < -0.3 is 10.8 Å². The first-order valence-electron chi connectivity index (χ1n) is 7.55. The summed E-state index contributed by atoms with van der Waals surface area (Å²) in [6.07, 6.45) is 11.0. The molecule has 0 aromatic rings. The Bertz CT molecular complexity index is 205. The second kappa shape index (κ2) is 11.5. The highest BCUT2D eigenvalue weighted by Gasteiger charge is 2.16. The molecule has 0 radical (unpaired) electrons. The van der Waals surface area contributed by atoms with Crippen molar-refractivity contribution < 1.29 is 9.90 Å². The van der Waals surface area contributed by atoms with Crippen LogP contribution in [0.4, 0.5) is 0 Å². The largest absolute Gasteiger partial charge is 0.393 e. The zero-order chi connectivity index (χ0) is 13.8. The Morgan fingerprint density at radius 3 is 2.00 bits per heavy atom. The molecule has 3 N–H and O–H groups in total. The molecule has 3 nitrogen and oxygen atoms in total. The van der Waals surface area contributed by atoms with Gasteiger partial charge in [0.15, 0.2) is 0 Å². The van der Waals surface area contributed by atoms with Gasteiger partial charge in [0.25, 0.3) is 0 Å². The van der Waals surface area contributed by atoms with Gasteiger partial charge in [-0.05, 0) is 19.8 Å². The molecule has 0 fully saturated rings. The second-order valence-electron chi connectivity index (χ2n) is 5.45. The first-order valence-corrected chi connectivity index (χ1v) is 7.55. The van der Waals surface area contributed by atoms with Crippen molar-refractivity contribution in [1.29, 1.82) is 0 Å². The van der Waals surface area contributed by atoms with Crippen molar-refractivity contribution in [2.24, 2.45) is 11.7 Å². The van der Waals surface area contributed by atoms with E-state index in [-0.39, 0.29) is 11.8 Å². The van der Waals surface area contributed by atoms with Gasteiger partial charge in [0, 0.05) is 5.92 Å². The number of hydrogen-bond donors (Lipinski definition) is 2. The maximum absolute atomic E-state index is 11.2. The lowest BCUT2D eigenvalue weighted by atomic mass is 9.94. The summed E-state index contributed by atoms with van der Waals surface area (Å²) in [6.45, 7) is 3.94. The standard InChI is InChI=1S/C15H31NO2/c1-3-4-5-6-7-8-9-10-11-14(15(16)18)12-13(2)17/h13-14,17H,3-12H2,1-2H3,(H2,16,18). The van der Waals surface area contributed by atoms with Crippen LogP contribution in [0.3, 0.4) is 0 Å². The Balaban J connectivity index is 3.47. The molecule has 0 rings (SSSR count). The highest BCUT2D eigenvalue weighted by molar-refractivity contribution is 5.76. The average Bonchev–Trinajstić information content (AvgIpc) is 2.30. The topological polar surface area (TPSA) is 63.3 Å². The molecule has 0 saturated carbocycles. The Morgan fingerprint density at radius 2 is 1.56 bits per heavy atom. The Labute approximate surface area is 112 Å². The zero-order valence-corrected chi connectivity index (χ0v) is 12.2. The fraction of sp³-hybridized carbons (Fsp3) is 0.933. The smallest absolute Gasteiger partial charge is 0.220 e. The van der Waals surface area contributed by atoms with Gasteiger partial charge in [-0.2, -0.15) is 0 Å². The number of rotatable bonds is 12. The van der Waals surface area contributed by atoms with E-state index in [9.17, 15) is 9.90 Å². The second-order valence-corrected chi connectivity index (χ2v) is 5.45. The third kappa shape index (κ3) is 10.6. The maximum atomic E-state index is 11.2. The molecule has 108 valence electrons. The third-order valence-electron chi connectivity index (χ3n) is 3.43. The van der Waals surface area contributed by atoms with Gasteiger partial charge in [-0.3, -0.25) is 4.79 Å². The van der Waals surface area contributed by atoms with Crippen LogP contribution in [0.5, 0.6) is 0 Å². The highest BCUT2D eigenvalue weighted by Crippen LogP contribution is 2.17. The summed E-state index contributed by atoms with van der Waals surface area (Å²) >= 11 is 0. The molecular formula is C15H31NO2. The summed E-state index contributed by atoms with van der Waals surface area (Å²) in [5.74, 6) is -0.413. The summed E-state index contributed by atoms with van der Waals surface area (Å²) in [6, 6.07) is 0. The van der Waals surface area contributed by atoms with E-state index >= 15 is 0 Å². The predicted molar refractivity (Wildman–Crippen MR) is 76.2 cm³/mol. The number of amides is 1. The number of carbonyl (C=O) groups excluding carboxylic acids is 1. The predicted octanol–water partition coefficient (Wildman–Crippen LogP) is 3.39. The van der Waals surface area contributed by atoms with Crippen LogP contribution >= 0.6 is 0 Å². The molecule has 0 aliphatic heterocycles. The molecule has 0 aliphatic rings. The van der Waals surface area contributed by atoms with Crippen molar-refractivity contribution in [3.05, 3.63) is 0 Å². The molecule has 0 aromatic carbocycles. The van der Waals surface area contributed by atoms with Crippen LogP contribution in [0.25, 0.3) is 0 Å². The number of unbranched alkanes of at least 4 members (excludes halogenated alkanes) is 7. The molecule has 2 atom stereocenters. The molecule has 0 aromatic heterocycles. The minimum Gasteiger partial charge on any atom is -0.393 e. The lowest BCUT2D eigenvalue weighted by molar-refractivity contribution is -0.123. The van der Waals surface area contributed by atoms with Crippen molar-refractivity contribution in [3.63, 3.8) is 0 Å². The van der Waals surface area contributed by atoms with E-state index in [4.69, 9.17) is 5.73 Å². The van der Waals surface area contributed by atoms with E-state index in [0.717, 1.165) is 12.8 Å². The monoisotopic (exact) mass is 257 g/mol. The van der Waals surface area contributed by atoms with Gasteiger partial charge in [-0.1, -0.05) is 58.3 Å². The van der Waals surface area contributed by atoms with Gasteiger partial charge in [-0.15, -0.1) is 0 Å². The maximum Gasteiger partial charge on any atom is 0.220 e. The first kappa shape index (κ1) is 17.4. The van der Waals surface area contributed by atoms with Gasteiger partial charge in [0.05, 0.1) is 6.10 Å². The van der Waals surface area contributed by atoms with E-state index in [1.165, 1.54) is 44.9 Å².